The topological polar surface area (TPSA) is 49.8 Å². The third-order valence-electron chi connectivity index (χ3n) is 2.81. The summed E-state index contributed by atoms with van der Waals surface area (Å²) in [4.78, 5) is 13.3. The first kappa shape index (κ1) is 13.4. The number of likely N-dealkylation sites (tertiary alicyclic amines) is 1. The minimum atomic E-state index is -0.706. The van der Waals surface area contributed by atoms with Gasteiger partial charge in [0.15, 0.2) is 0 Å². The van der Waals surface area contributed by atoms with Crippen molar-refractivity contribution in [2.24, 2.45) is 0 Å². The Bertz CT molecular complexity index is 422. The van der Waals surface area contributed by atoms with E-state index in [-0.39, 0.29) is 5.91 Å². The average Bonchev–Trinajstić information content (AvgIpc) is 2.28. The van der Waals surface area contributed by atoms with Gasteiger partial charge in [-0.1, -0.05) is 15.9 Å². The summed E-state index contributed by atoms with van der Waals surface area (Å²) >= 11 is 3.34. The highest BCUT2D eigenvalue weighted by Crippen LogP contribution is 2.20. The average molecular weight is 314 g/mol. The quantitative estimate of drug-likeness (QED) is 0.922. The summed E-state index contributed by atoms with van der Waals surface area (Å²) in [5.74, 6) is 0.778. The second-order valence-corrected chi connectivity index (χ2v) is 5.71. The van der Waals surface area contributed by atoms with Gasteiger partial charge in [0, 0.05) is 4.47 Å². The standard InChI is InChI=1S/C13H16BrNO3/c1-13(17)8-15(9-13)12(16)6-7-18-11-4-2-10(14)3-5-11/h2-5,17H,6-9H2,1H3. The molecule has 0 aromatic heterocycles. The Hall–Kier alpha value is -1.07. The maximum Gasteiger partial charge on any atom is 0.226 e. The van der Waals surface area contributed by atoms with Gasteiger partial charge in [0.2, 0.25) is 5.91 Å². The van der Waals surface area contributed by atoms with E-state index in [4.69, 9.17) is 4.74 Å². The van der Waals surface area contributed by atoms with E-state index in [2.05, 4.69) is 15.9 Å². The number of carbonyl (C=O) groups excluding carboxylic acids is 1. The molecule has 0 atom stereocenters. The normalized spacial score (nSPS) is 17.2. The lowest BCUT2D eigenvalue weighted by Gasteiger charge is -2.44. The van der Waals surface area contributed by atoms with Crippen LogP contribution in [0, 0.1) is 0 Å². The fraction of sp³-hybridized carbons (Fsp3) is 0.462. The highest BCUT2D eigenvalue weighted by Gasteiger charge is 2.38. The van der Waals surface area contributed by atoms with Crippen molar-refractivity contribution in [3.05, 3.63) is 28.7 Å². The molecule has 2 rings (SSSR count). The number of rotatable bonds is 4. The Labute approximate surface area is 115 Å². The SMILES string of the molecule is CC1(O)CN(C(=O)CCOc2ccc(Br)cc2)C1. The number of hydrogen-bond donors (Lipinski definition) is 1. The van der Waals surface area contributed by atoms with Crippen LogP contribution in [-0.2, 0) is 4.79 Å². The Morgan fingerprint density at radius 1 is 1.44 bits per heavy atom. The number of aliphatic hydroxyl groups is 1. The third kappa shape index (κ3) is 3.46. The van der Waals surface area contributed by atoms with Crippen molar-refractivity contribution in [2.75, 3.05) is 19.7 Å². The summed E-state index contributed by atoms with van der Waals surface area (Å²) in [7, 11) is 0. The van der Waals surface area contributed by atoms with Gasteiger partial charge in [-0.25, -0.2) is 0 Å². The number of carbonyl (C=O) groups is 1. The Morgan fingerprint density at radius 2 is 2.06 bits per heavy atom. The van der Waals surface area contributed by atoms with Crippen molar-refractivity contribution in [3.63, 3.8) is 0 Å². The van der Waals surface area contributed by atoms with Gasteiger partial charge in [0.1, 0.15) is 5.75 Å². The van der Waals surface area contributed by atoms with Crippen molar-refractivity contribution >= 4 is 21.8 Å². The molecule has 1 fully saturated rings. The fourth-order valence-electron chi connectivity index (χ4n) is 1.90. The number of β-amino-alcohol motifs (C(OH)–C–C–N with tert-alkyl or cyclic N) is 1. The molecule has 0 bridgehead atoms. The molecule has 1 aliphatic rings. The van der Waals surface area contributed by atoms with Crippen LogP contribution in [0.3, 0.4) is 0 Å². The molecule has 0 saturated carbocycles. The zero-order chi connectivity index (χ0) is 13.2. The number of ether oxygens (including phenoxy) is 1. The molecular formula is C13H16BrNO3. The number of benzene rings is 1. The monoisotopic (exact) mass is 313 g/mol. The number of hydrogen-bond acceptors (Lipinski definition) is 3. The summed E-state index contributed by atoms with van der Waals surface area (Å²) in [6.07, 6.45) is 0.339. The second-order valence-electron chi connectivity index (χ2n) is 4.80. The van der Waals surface area contributed by atoms with Crippen LogP contribution in [-0.4, -0.2) is 41.2 Å². The van der Waals surface area contributed by atoms with Gasteiger partial charge >= 0.3 is 0 Å². The van der Waals surface area contributed by atoms with Crippen LogP contribution >= 0.6 is 15.9 Å². The predicted molar refractivity (Wildman–Crippen MR) is 71.5 cm³/mol. The molecule has 0 spiro atoms. The van der Waals surface area contributed by atoms with Crippen molar-refractivity contribution in [1.29, 1.82) is 0 Å². The molecule has 1 aromatic carbocycles. The summed E-state index contributed by atoms with van der Waals surface area (Å²) in [5, 5.41) is 9.53. The molecule has 0 aliphatic carbocycles. The fourth-order valence-corrected chi connectivity index (χ4v) is 2.16. The van der Waals surface area contributed by atoms with Crippen LogP contribution in [0.4, 0.5) is 0 Å². The van der Waals surface area contributed by atoms with Crippen LogP contribution < -0.4 is 4.74 Å². The smallest absolute Gasteiger partial charge is 0.226 e. The molecule has 1 amide bonds. The molecule has 5 heteroatoms. The second kappa shape index (κ2) is 5.28. The van der Waals surface area contributed by atoms with Gasteiger partial charge in [-0.2, -0.15) is 0 Å². The van der Waals surface area contributed by atoms with E-state index in [9.17, 15) is 9.90 Å². The Balaban J connectivity index is 1.69. The van der Waals surface area contributed by atoms with Gasteiger partial charge in [0.05, 0.1) is 31.7 Å². The van der Waals surface area contributed by atoms with Crippen molar-refractivity contribution in [1.82, 2.24) is 4.90 Å². The van der Waals surface area contributed by atoms with Crippen LogP contribution in [0.1, 0.15) is 13.3 Å². The van der Waals surface area contributed by atoms with E-state index in [0.29, 0.717) is 26.1 Å². The summed E-state index contributed by atoms with van der Waals surface area (Å²) in [6, 6.07) is 7.49. The van der Waals surface area contributed by atoms with E-state index in [1.165, 1.54) is 0 Å². The van der Waals surface area contributed by atoms with E-state index >= 15 is 0 Å². The lowest BCUT2D eigenvalue weighted by molar-refractivity contribution is -0.152. The van der Waals surface area contributed by atoms with E-state index in [0.717, 1.165) is 10.2 Å². The van der Waals surface area contributed by atoms with E-state index in [1.54, 1.807) is 11.8 Å². The molecule has 1 N–H and O–H groups in total. The molecule has 4 nitrogen and oxygen atoms in total. The molecule has 1 heterocycles. The van der Waals surface area contributed by atoms with Crippen molar-refractivity contribution in [3.8, 4) is 5.75 Å². The molecule has 1 aromatic rings. The molecule has 18 heavy (non-hydrogen) atoms. The van der Waals surface area contributed by atoms with Crippen LogP contribution in [0.2, 0.25) is 0 Å². The van der Waals surface area contributed by atoms with E-state index in [1.807, 2.05) is 24.3 Å². The van der Waals surface area contributed by atoms with Crippen molar-refractivity contribution < 1.29 is 14.6 Å². The van der Waals surface area contributed by atoms with Crippen LogP contribution in [0.15, 0.2) is 28.7 Å². The highest BCUT2D eigenvalue weighted by atomic mass is 79.9. The highest BCUT2D eigenvalue weighted by molar-refractivity contribution is 9.10. The Kier molecular flexibility index (Phi) is 3.92. The zero-order valence-corrected chi connectivity index (χ0v) is 11.8. The largest absolute Gasteiger partial charge is 0.493 e. The molecule has 1 saturated heterocycles. The molecule has 98 valence electrons. The number of halogens is 1. The molecule has 0 radical (unpaired) electrons. The van der Waals surface area contributed by atoms with Gasteiger partial charge in [-0.15, -0.1) is 0 Å². The maximum absolute atomic E-state index is 11.7. The van der Waals surface area contributed by atoms with E-state index < -0.39 is 5.60 Å². The van der Waals surface area contributed by atoms with Crippen LogP contribution in [0.5, 0.6) is 5.75 Å². The molecule has 0 unspecified atom stereocenters. The van der Waals surface area contributed by atoms with Gasteiger partial charge in [-0.05, 0) is 31.2 Å². The number of nitrogens with zero attached hydrogens (tertiary/aromatic N) is 1. The maximum atomic E-state index is 11.7. The first-order valence-corrected chi connectivity index (χ1v) is 6.64. The summed E-state index contributed by atoms with van der Waals surface area (Å²) in [6.45, 7) is 2.93. The zero-order valence-electron chi connectivity index (χ0n) is 10.2. The van der Waals surface area contributed by atoms with Crippen LogP contribution in [0.25, 0.3) is 0 Å². The van der Waals surface area contributed by atoms with Gasteiger partial charge < -0.3 is 14.7 Å². The van der Waals surface area contributed by atoms with Gasteiger partial charge in [-0.3, -0.25) is 4.79 Å². The Morgan fingerprint density at radius 3 is 2.61 bits per heavy atom. The predicted octanol–water partition coefficient (Wildman–Crippen LogP) is 1.81. The lowest BCUT2D eigenvalue weighted by Crippen LogP contribution is -2.61. The lowest BCUT2D eigenvalue weighted by atomic mass is 9.97. The summed E-state index contributed by atoms with van der Waals surface area (Å²) < 4.78 is 6.47. The summed E-state index contributed by atoms with van der Waals surface area (Å²) in [5.41, 5.74) is -0.706. The molecular weight excluding hydrogens is 298 g/mol. The van der Waals surface area contributed by atoms with Gasteiger partial charge in [0.25, 0.3) is 0 Å². The minimum absolute atomic E-state index is 0.0265. The third-order valence-corrected chi connectivity index (χ3v) is 3.34. The minimum Gasteiger partial charge on any atom is -0.493 e. The first-order valence-electron chi connectivity index (χ1n) is 5.85. The molecule has 1 aliphatic heterocycles. The number of amides is 1. The van der Waals surface area contributed by atoms with Crippen molar-refractivity contribution in [2.45, 2.75) is 18.9 Å². The first-order chi connectivity index (χ1) is 8.46.